The molecule has 3 N–H and O–H groups in total. The molecule has 0 fully saturated rings. The van der Waals surface area contributed by atoms with Gasteiger partial charge in [-0.05, 0) is 32.4 Å². The SMILES string of the molecule is COc1c(O)cc(/C=C/C(C)(C)O)c2c(=O)c3c(O)cc4c(c3oc12)C(C)(C)[C@@H](C)O4. The standard InChI is InChI=1S/C24H26O7/c1-11-24(4,5)18-15(30-11)10-13(25)17-19(27)16-12(7-8-23(2,3)28)9-14(26)20(29-6)22(16)31-21(17)18/h7-11,25-26,28H,1-6H3/b8-7+/t11-/m1/s1. The fourth-order valence-corrected chi connectivity index (χ4v) is 4.01. The predicted molar refractivity (Wildman–Crippen MR) is 118 cm³/mol. The highest BCUT2D eigenvalue weighted by Gasteiger charge is 2.42. The Hall–Kier alpha value is -3.19. The van der Waals surface area contributed by atoms with E-state index in [1.807, 2.05) is 20.8 Å². The van der Waals surface area contributed by atoms with E-state index in [0.29, 0.717) is 16.9 Å². The van der Waals surface area contributed by atoms with E-state index in [1.54, 1.807) is 13.8 Å². The maximum atomic E-state index is 13.6. The normalized spacial score (nSPS) is 18.0. The lowest BCUT2D eigenvalue weighted by atomic mass is 9.80. The van der Waals surface area contributed by atoms with Crippen LogP contribution in [0.4, 0.5) is 0 Å². The number of ether oxygens (including phenoxy) is 2. The van der Waals surface area contributed by atoms with Crippen molar-refractivity contribution in [1.82, 2.24) is 0 Å². The summed E-state index contributed by atoms with van der Waals surface area (Å²) in [4.78, 5) is 13.6. The number of rotatable bonds is 3. The fourth-order valence-electron chi connectivity index (χ4n) is 4.01. The van der Waals surface area contributed by atoms with Gasteiger partial charge in [0.2, 0.25) is 11.2 Å². The number of phenols is 2. The molecule has 2 aromatic carbocycles. The van der Waals surface area contributed by atoms with Crippen molar-refractivity contribution < 1.29 is 29.2 Å². The van der Waals surface area contributed by atoms with Gasteiger partial charge in [0, 0.05) is 17.0 Å². The first-order chi connectivity index (χ1) is 14.4. The van der Waals surface area contributed by atoms with Crippen LogP contribution in [0.2, 0.25) is 0 Å². The van der Waals surface area contributed by atoms with E-state index in [0.717, 1.165) is 0 Å². The molecule has 1 atom stereocenters. The van der Waals surface area contributed by atoms with Crippen molar-refractivity contribution in [3.05, 3.63) is 39.6 Å². The maximum absolute atomic E-state index is 13.6. The number of benzene rings is 2. The van der Waals surface area contributed by atoms with Crippen LogP contribution in [-0.4, -0.2) is 34.1 Å². The first-order valence-corrected chi connectivity index (χ1v) is 10.0. The third kappa shape index (κ3) is 3.11. The van der Waals surface area contributed by atoms with Crippen molar-refractivity contribution in [2.45, 2.75) is 51.7 Å². The Morgan fingerprint density at radius 1 is 1.13 bits per heavy atom. The van der Waals surface area contributed by atoms with E-state index in [9.17, 15) is 20.1 Å². The number of phenolic OH excluding ortho intramolecular Hbond substituents is 2. The van der Waals surface area contributed by atoms with Gasteiger partial charge < -0.3 is 29.2 Å². The van der Waals surface area contributed by atoms with Crippen molar-refractivity contribution in [3.63, 3.8) is 0 Å². The third-order valence-corrected chi connectivity index (χ3v) is 5.97. The number of aromatic hydroxyl groups is 2. The highest BCUT2D eigenvalue weighted by molar-refractivity contribution is 6.02. The number of fused-ring (bicyclic) bond motifs is 4. The molecule has 1 aromatic heterocycles. The van der Waals surface area contributed by atoms with Gasteiger partial charge in [-0.2, -0.15) is 0 Å². The Morgan fingerprint density at radius 2 is 1.81 bits per heavy atom. The first kappa shape index (κ1) is 21.1. The molecule has 2 heterocycles. The van der Waals surface area contributed by atoms with Crippen molar-refractivity contribution in [3.8, 4) is 23.0 Å². The molecular weight excluding hydrogens is 400 g/mol. The fraction of sp³-hybridized carbons (Fsp3) is 0.375. The van der Waals surface area contributed by atoms with Crippen LogP contribution in [0.15, 0.2) is 27.4 Å². The van der Waals surface area contributed by atoms with Crippen LogP contribution in [0, 0.1) is 0 Å². The number of hydrogen-bond donors (Lipinski definition) is 3. The van der Waals surface area contributed by atoms with E-state index in [4.69, 9.17) is 13.9 Å². The Morgan fingerprint density at radius 3 is 2.42 bits per heavy atom. The van der Waals surface area contributed by atoms with Crippen LogP contribution in [0.25, 0.3) is 28.0 Å². The van der Waals surface area contributed by atoms with Gasteiger partial charge in [0.05, 0.1) is 18.1 Å². The van der Waals surface area contributed by atoms with E-state index in [-0.39, 0.29) is 45.3 Å². The second-order valence-electron chi connectivity index (χ2n) is 9.10. The van der Waals surface area contributed by atoms with E-state index in [1.165, 1.54) is 31.4 Å². The van der Waals surface area contributed by atoms with Gasteiger partial charge in [-0.15, -0.1) is 0 Å². The monoisotopic (exact) mass is 426 g/mol. The Labute approximate surface area is 179 Å². The number of aliphatic hydroxyl groups is 1. The summed E-state index contributed by atoms with van der Waals surface area (Å²) in [7, 11) is 1.37. The van der Waals surface area contributed by atoms with Gasteiger partial charge in [-0.1, -0.05) is 26.0 Å². The van der Waals surface area contributed by atoms with E-state index >= 15 is 0 Å². The lowest BCUT2D eigenvalue weighted by Crippen LogP contribution is -2.29. The molecule has 7 heteroatoms. The molecule has 0 radical (unpaired) electrons. The zero-order valence-electron chi connectivity index (χ0n) is 18.4. The Balaban J connectivity index is 2.22. The zero-order chi connectivity index (χ0) is 22.9. The maximum Gasteiger partial charge on any atom is 0.205 e. The second kappa shape index (κ2) is 6.65. The van der Waals surface area contributed by atoms with Crippen LogP contribution < -0.4 is 14.9 Å². The van der Waals surface area contributed by atoms with Crippen LogP contribution in [-0.2, 0) is 5.41 Å². The van der Waals surface area contributed by atoms with E-state index in [2.05, 4.69) is 0 Å². The molecule has 0 saturated heterocycles. The molecule has 1 aliphatic heterocycles. The van der Waals surface area contributed by atoms with E-state index < -0.39 is 16.4 Å². The van der Waals surface area contributed by atoms with Crippen molar-refractivity contribution in [1.29, 1.82) is 0 Å². The summed E-state index contributed by atoms with van der Waals surface area (Å²) >= 11 is 0. The van der Waals surface area contributed by atoms with Gasteiger partial charge in [0.1, 0.15) is 28.6 Å². The third-order valence-electron chi connectivity index (χ3n) is 5.97. The molecule has 7 nitrogen and oxygen atoms in total. The molecule has 0 bridgehead atoms. The predicted octanol–water partition coefficient (Wildman–Crippen LogP) is 4.21. The van der Waals surface area contributed by atoms with Gasteiger partial charge in [-0.25, -0.2) is 0 Å². The molecule has 0 unspecified atom stereocenters. The Bertz CT molecular complexity index is 1310. The van der Waals surface area contributed by atoms with Crippen molar-refractivity contribution >= 4 is 28.0 Å². The van der Waals surface area contributed by atoms with Crippen LogP contribution in [0.1, 0.15) is 45.7 Å². The van der Waals surface area contributed by atoms with Crippen LogP contribution in [0.3, 0.4) is 0 Å². The van der Waals surface area contributed by atoms with Gasteiger partial charge in [-0.3, -0.25) is 4.79 Å². The molecular formula is C24H26O7. The molecule has 164 valence electrons. The Kier molecular flexibility index (Phi) is 4.52. The molecule has 0 amide bonds. The lowest BCUT2D eigenvalue weighted by Gasteiger charge is -2.22. The molecule has 0 spiro atoms. The average Bonchev–Trinajstić information content (AvgIpc) is 2.87. The molecule has 0 aliphatic carbocycles. The molecule has 1 aliphatic rings. The summed E-state index contributed by atoms with van der Waals surface area (Å²) in [6.45, 7) is 9.04. The molecule has 31 heavy (non-hydrogen) atoms. The summed E-state index contributed by atoms with van der Waals surface area (Å²) in [5.41, 5.74) is -0.847. The van der Waals surface area contributed by atoms with Crippen molar-refractivity contribution in [2.24, 2.45) is 0 Å². The molecule has 4 rings (SSSR count). The summed E-state index contributed by atoms with van der Waals surface area (Å²) in [5.74, 6) is -0.00475. The summed E-state index contributed by atoms with van der Waals surface area (Å²) in [6, 6.07) is 2.81. The summed E-state index contributed by atoms with van der Waals surface area (Å²) < 4.78 is 17.4. The zero-order valence-corrected chi connectivity index (χ0v) is 18.4. The average molecular weight is 426 g/mol. The van der Waals surface area contributed by atoms with Crippen molar-refractivity contribution in [2.75, 3.05) is 7.11 Å². The minimum absolute atomic E-state index is 0.0104. The first-order valence-electron chi connectivity index (χ1n) is 10.0. The lowest BCUT2D eigenvalue weighted by molar-refractivity contribution is 0.134. The van der Waals surface area contributed by atoms with Gasteiger partial charge in [0.25, 0.3) is 0 Å². The van der Waals surface area contributed by atoms with Gasteiger partial charge >= 0.3 is 0 Å². The second-order valence-corrected chi connectivity index (χ2v) is 9.10. The largest absolute Gasteiger partial charge is 0.507 e. The number of methoxy groups -OCH3 is 1. The summed E-state index contributed by atoms with van der Waals surface area (Å²) in [6.07, 6.45) is 2.83. The van der Waals surface area contributed by atoms with Gasteiger partial charge in [0.15, 0.2) is 11.3 Å². The minimum Gasteiger partial charge on any atom is -0.507 e. The molecule has 0 saturated carbocycles. The smallest absolute Gasteiger partial charge is 0.205 e. The summed E-state index contributed by atoms with van der Waals surface area (Å²) in [5, 5.41) is 31.4. The number of hydrogen-bond acceptors (Lipinski definition) is 7. The quantitative estimate of drug-likeness (QED) is 0.538. The molecule has 3 aromatic rings. The highest BCUT2D eigenvalue weighted by atomic mass is 16.5. The highest BCUT2D eigenvalue weighted by Crippen LogP contribution is 2.50. The van der Waals surface area contributed by atoms with Crippen LogP contribution in [0.5, 0.6) is 23.0 Å². The minimum atomic E-state index is -1.14. The topological polar surface area (TPSA) is 109 Å². The van der Waals surface area contributed by atoms with Crippen LogP contribution >= 0.6 is 0 Å².